The van der Waals surface area contributed by atoms with Crippen LogP contribution >= 0.6 is 11.6 Å². The van der Waals surface area contributed by atoms with Crippen LogP contribution in [-0.2, 0) is 24.3 Å². The van der Waals surface area contributed by atoms with Crippen molar-refractivity contribution in [1.29, 1.82) is 0 Å². The Morgan fingerprint density at radius 1 is 1.20 bits per heavy atom. The van der Waals surface area contributed by atoms with Gasteiger partial charge >= 0.3 is 5.97 Å². The molecule has 3 rings (SSSR count). The van der Waals surface area contributed by atoms with E-state index in [1.54, 1.807) is 0 Å². The van der Waals surface area contributed by atoms with Crippen LogP contribution in [0.15, 0.2) is 29.2 Å². The highest BCUT2D eigenvalue weighted by molar-refractivity contribution is 7.89. The summed E-state index contributed by atoms with van der Waals surface area (Å²) in [6, 6.07) is 5.05. The van der Waals surface area contributed by atoms with Crippen LogP contribution in [0.2, 0.25) is 5.02 Å². The molecule has 1 saturated carbocycles. The molecule has 1 N–H and O–H groups in total. The summed E-state index contributed by atoms with van der Waals surface area (Å²) in [6.45, 7) is -0.153. The quantitative estimate of drug-likeness (QED) is 0.744. The van der Waals surface area contributed by atoms with E-state index < -0.39 is 22.0 Å². The van der Waals surface area contributed by atoms with Crippen LogP contribution in [0, 0.1) is 0 Å². The summed E-state index contributed by atoms with van der Waals surface area (Å²) < 4.78 is 31.7. The van der Waals surface area contributed by atoms with Crippen molar-refractivity contribution >= 4 is 33.5 Å². The molecule has 0 radical (unpaired) electrons. The van der Waals surface area contributed by atoms with Crippen molar-refractivity contribution < 1.29 is 22.7 Å². The number of nitrogens with one attached hydrogen (secondary N) is 1. The Balaban J connectivity index is 1.65. The predicted molar refractivity (Wildman–Crippen MR) is 90.5 cm³/mol. The molecule has 25 heavy (non-hydrogen) atoms. The first-order valence-corrected chi connectivity index (χ1v) is 9.93. The van der Waals surface area contributed by atoms with Gasteiger partial charge in [0.05, 0.1) is 4.90 Å². The molecule has 1 aliphatic heterocycles. The molecule has 1 amide bonds. The number of rotatable bonds is 6. The summed E-state index contributed by atoms with van der Waals surface area (Å²) in [5.74, 6) is -1.05. The minimum absolute atomic E-state index is 0.0723. The Morgan fingerprint density at radius 2 is 1.88 bits per heavy atom. The van der Waals surface area contributed by atoms with Crippen molar-refractivity contribution in [2.45, 2.75) is 42.7 Å². The Bertz CT molecular complexity index is 761. The van der Waals surface area contributed by atoms with Gasteiger partial charge in [-0.25, -0.2) is 8.42 Å². The lowest BCUT2D eigenvalue weighted by Gasteiger charge is -2.22. The average molecular weight is 387 g/mol. The van der Waals surface area contributed by atoms with Crippen LogP contribution in [0.3, 0.4) is 0 Å². The highest BCUT2D eigenvalue weighted by Crippen LogP contribution is 2.27. The molecule has 0 spiro atoms. The van der Waals surface area contributed by atoms with Crippen LogP contribution in [0.5, 0.6) is 0 Å². The van der Waals surface area contributed by atoms with Gasteiger partial charge in [0.2, 0.25) is 10.0 Å². The number of carbonyl (C=O) groups is 2. The molecular formula is C16H19ClN2O5S. The van der Waals surface area contributed by atoms with Crippen molar-refractivity contribution in [3.8, 4) is 0 Å². The van der Waals surface area contributed by atoms with Gasteiger partial charge in [-0.15, -0.1) is 0 Å². The maximum atomic E-state index is 12.7. The van der Waals surface area contributed by atoms with E-state index in [0.717, 1.165) is 17.1 Å². The van der Waals surface area contributed by atoms with Gasteiger partial charge in [0, 0.05) is 17.6 Å². The van der Waals surface area contributed by atoms with Gasteiger partial charge in [-0.1, -0.05) is 11.6 Å². The van der Waals surface area contributed by atoms with Crippen LogP contribution < -0.4 is 5.32 Å². The Hall–Kier alpha value is -1.64. The molecule has 0 aromatic heterocycles. The average Bonchev–Trinajstić information content (AvgIpc) is 3.24. The largest absolute Gasteiger partial charge is 0.454 e. The predicted octanol–water partition coefficient (Wildman–Crippen LogP) is 1.31. The summed E-state index contributed by atoms with van der Waals surface area (Å²) in [5, 5.41) is 3.14. The molecule has 2 aliphatic rings. The van der Waals surface area contributed by atoms with E-state index in [4.69, 9.17) is 16.3 Å². The van der Waals surface area contributed by atoms with Crippen molar-refractivity contribution in [2.24, 2.45) is 0 Å². The molecule has 1 heterocycles. The van der Waals surface area contributed by atoms with Crippen LogP contribution in [-0.4, -0.2) is 49.8 Å². The second-order valence-corrected chi connectivity index (χ2v) is 8.50. The van der Waals surface area contributed by atoms with Gasteiger partial charge < -0.3 is 10.1 Å². The number of sulfonamides is 1. The third-order valence-electron chi connectivity index (χ3n) is 4.18. The Kier molecular flexibility index (Phi) is 5.31. The first kappa shape index (κ1) is 18.2. The van der Waals surface area contributed by atoms with Gasteiger partial charge in [-0.3, -0.25) is 9.59 Å². The molecule has 136 valence electrons. The summed E-state index contributed by atoms with van der Waals surface area (Å²) in [7, 11) is -3.82. The molecule has 1 saturated heterocycles. The maximum Gasteiger partial charge on any atom is 0.324 e. The van der Waals surface area contributed by atoms with E-state index in [1.807, 2.05) is 0 Å². The van der Waals surface area contributed by atoms with Crippen molar-refractivity contribution in [3.05, 3.63) is 29.3 Å². The zero-order valence-electron chi connectivity index (χ0n) is 13.5. The number of nitrogens with zero attached hydrogens (tertiary/aromatic N) is 1. The number of benzene rings is 1. The van der Waals surface area contributed by atoms with E-state index in [9.17, 15) is 18.0 Å². The molecule has 0 unspecified atom stereocenters. The maximum absolute atomic E-state index is 12.7. The Labute approximate surface area is 151 Å². The summed E-state index contributed by atoms with van der Waals surface area (Å²) in [6.07, 6.45) is 2.81. The zero-order chi connectivity index (χ0) is 18.0. The van der Waals surface area contributed by atoms with Crippen molar-refractivity contribution in [1.82, 2.24) is 9.62 Å². The normalized spacial score (nSPS) is 21.1. The molecule has 1 aromatic carbocycles. The number of hydrogen-bond acceptors (Lipinski definition) is 5. The first-order valence-electron chi connectivity index (χ1n) is 8.11. The van der Waals surface area contributed by atoms with Crippen LogP contribution in [0.1, 0.15) is 25.7 Å². The number of ether oxygens (including phenoxy) is 1. The second kappa shape index (κ2) is 7.31. The lowest BCUT2D eigenvalue weighted by molar-refractivity contribution is -0.151. The Morgan fingerprint density at radius 3 is 2.52 bits per heavy atom. The molecule has 1 aliphatic carbocycles. The van der Waals surface area contributed by atoms with Crippen LogP contribution in [0.4, 0.5) is 0 Å². The molecule has 1 aromatic rings. The van der Waals surface area contributed by atoms with Crippen LogP contribution in [0.25, 0.3) is 0 Å². The lowest BCUT2D eigenvalue weighted by atomic mass is 10.2. The number of halogens is 1. The van der Waals surface area contributed by atoms with Crippen molar-refractivity contribution in [3.63, 3.8) is 0 Å². The first-order chi connectivity index (χ1) is 11.9. The highest BCUT2D eigenvalue weighted by Gasteiger charge is 2.40. The summed E-state index contributed by atoms with van der Waals surface area (Å²) >= 11 is 5.79. The van der Waals surface area contributed by atoms with E-state index in [1.165, 1.54) is 24.3 Å². The van der Waals surface area contributed by atoms with Gasteiger partial charge in [0.15, 0.2) is 6.61 Å². The number of esters is 1. The fourth-order valence-corrected chi connectivity index (χ4v) is 4.51. The van der Waals surface area contributed by atoms with E-state index in [2.05, 4.69) is 5.32 Å². The molecule has 0 bridgehead atoms. The van der Waals surface area contributed by atoms with Gasteiger partial charge in [-0.05, 0) is 49.9 Å². The topological polar surface area (TPSA) is 92.8 Å². The van der Waals surface area contributed by atoms with Gasteiger partial charge in [0.1, 0.15) is 6.04 Å². The number of amides is 1. The minimum atomic E-state index is -3.82. The molecule has 7 nitrogen and oxygen atoms in total. The zero-order valence-corrected chi connectivity index (χ0v) is 15.1. The van der Waals surface area contributed by atoms with Crippen molar-refractivity contribution in [2.75, 3.05) is 13.2 Å². The summed E-state index contributed by atoms with van der Waals surface area (Å²) in [4.78, 5) is 23.9. The molecule has 9 heteroatoms. The third kappa shape index (κ3) is 4.31. The smallest absolute Gasteiger partial charge is 0.324 e. The fraction of sp³-hybridized carbons (Fsp3) is 0.500. The summed E-state index contributed by atoms with van der Waals surface area (Å²) in [5.41, 5.74) is 0. The van der Waals surface area contributed by atoms with E-state index in [0.29, 0.717) is 17.9 Å². The van der Waals surface area contributed by atoms with E-state index >= 15 is 0 Å². The van der Waals surface area contributed by atoms with E-state index in [-0.39, 0.29) is 30.0 Å². The highest BCUT2D eigenvalue weighted by atomic mass is 35.5. The second-order valence-electron chi connectivity index (χ2n) is 6.18. The number of carbonyl (C=O) groups excluding carboxylic acids is 2. The minimum Gasteiger partial charge on any atom is -0.454 e. The SMILES string of the molecule is O=C(COC(=O)[C@@H]1CCCN1S(=O)(=O)c1ccc(Cl)cc1)NC1CC1. The third-order valence-corrected chi connectivity index (χ3v) is 6.36. The fourth-order valence-electron chi connectivity index (χ4n) is 2.74. The monoisotopic (exact) mass is 386 g/mol. The molecular weight excluding hydrogens is 368 g/mol. The van der Waals surface area contributed by atoms with Gasteiger partial charge in [0.25, 0.3) is 5.91 Å². The standard InChI is InChI=1S/C16H19ClN2O5S/c17-11-3-7-13(8-4-11)25(22,23)19-9-1-2-14(19)16(21)24-10-15(20)18-12-5-6-12/h3-4,7-8,12,14H,1-2,5-6,9-10H2,(H,18,20)/t14-/m0/s1. The van der Waals surface area contributed by atoms with Gasteiger partial charge in [-0.2, -0.15) is 4.31 Å². The number of hydrogen-bond donors (Lipinski definition) is 1. The molecule has 2 fully saturated rings. The molecule has 1 atom stereocenters. The lowest BCUT2D eigenvalue weighted by Crippen LogP contribution is -2.42.